The SMILES string of the molecule is Cc1nnc(C2N=C(c3ccccc3)c3cc(Cl)ccc3N(C)C2=O)s1. The van der Waals surface area contributed by atoms with Gasteiger partial charge in [0.1, 0.15) is 5.01 Å². The highest BCUT2D eigenvalue weighted by atomic mass is 35.5. The average Bonchev–Trinajstić information content (AvgIpc) is 3.04. The van der Waals surface area contributed by atoms with Crippen molar-refractivity contribution in [3.05, 3.63) is 74.7 Å². The van der Waals surface area contributed by atoms with Crippen LogP contribution in [-0.2, 0) is 4.79 Å². The Morgan fingerprint density at radius 2 is 1.88 bits per heavy atom. The lowest BCUT2D eigenvalue weighted by atomic mass is 10.0. The number of amides is 1. The zero-order chi connectivity index (χ0) is 18.3. The summed E-state index contributed by atoms with van der Waals surface area (Å²) >= 11 is 7.63. The lowest BCUT2D eigenvalue weighted by molar-refractivity contribution is -0.119. The van der Waals surface area contributed by atoms with Gasteiger partial charge in [-0.25, -0.2) is 0 Å². The summed E-state index contributed by atoms with van der Waals surface area (Å²) in [5, 5.41) is 10.2. The van der Waals surface area contributed by atoms with Crippen molar-refractivity contribution in [2.75, 3.05) is 11.9 Å². The van der Waals surface area contributed by atoms with E-state index in [9.17, 15) is 4.79 Å². The van der Waals surface area contributed by atoms with Crippen molar-refractivity contribution in [2.45, 2.75) is 13.0 Å². The number of halogens is 1. The van der Waals surface area contributed by atoms with Gasteiger partial charge in [0.15, 0.2) is 11.0 Å². The van der Waals surface area contributed by atoms with Gasteiger partial charge in [-0.05, 0) is 25.1 Å². The van der Waals surface area contributed by atoms with Crippen LogP contribution in [0.3, 0.4) is 0 Å². The van der Waals surface area contributed by atoms with E-state index in [0.29, 0.717) is 10.0 Å². The topological polar surface area (TPSA) is 58.5 Å². The van der Waals surface area contributed by atoms with Crippen molar-refractivity contribution in [1.82, 2.24) is 10.2 Å². The maximum atomic E-state index is 13.1. The first-order chi connectivity index (χ1) is 12.5. The molecule has 4 rings (SSSR count). The molecule has 5 nitrogen and oxygen atoms in total. The predicted octanol–water partition coefficient (Wildman–Crippen LogP) is 4.06. The van der Waals surface area contributed by atoms with E-state index >= 15 is 0 Å². The molecule has 1 amide bonds. The van der Waals surface area contributed by atoms with Gasteiger partial charge in [0.2, 0.25) is 0 Å². The Balaban J connectivity index is 1.98. The molecule has 1 aliphatic heterocycles. The summed E-state index contributed by atoms with van der Waals surface area (Å²) in [4.78, 5) is 19.5. The number of aromatic nitrogens is 2. The number of benzene rings is 2. The van der Waals surface area contributed by atoms with E-state index in [1.165, 1.54) is 11.3 Å². The number of nitrogens with zero attached hydrogens (tertiary/aromatic N) is 4. The van der Waals surface area contributed by atoms with Crippen LogP contribution in [0.25, 0.3) is 0 Å². The highest BCUT2D eigenvalue weighted by molar-refractivity contribution is 7.11. The maximum absolute atomic E-state index is 13.1. The standard InChI is InChI=1S/C19H15ClN4OS/c1-11-22-23-18(26-11)17-19(25)24(2)15-9-8-13(20)10-14(15)16(21-17)12-6-4-3-5-7-12/h3-10,17H,1-2H3. The molecular weight excluding hydrogens is 368 g/mol. The van der Waals surface area contributed by atoms with Crippen LogP contribution in [0.4, 0.5) is 5.69 Å². The number of carbonyl (C=O) groups excluding carboxylic acids is 1. The number of hydrogen-bond acceptors (Lipinski definition) is 5. The van der Waals surface area contributed by atoms with Gasteiger partial charge in [-0.3, -0.25) is 9.79 Å². The van der Waals surface area contributed by atoms with Crippen molar-refractivity contribution in [3.63, 3.8) is 0 Å². The van der Waals surface area contributed by atoms with Crippen LogP contribution in [0.2, 0.25) is 5.02 Å². The molecule has 26 heavy (non-hydrogen) atoms. The fourth-order valence-corrected chi connectivity index (χ4v) is 3.86. The van der Waals surface area contributed by atoms with E-state index in [0.717, 1.165) is 27.5 Å². The van der Waals surface area contributed by atoms with Crippen molar-refractivity contribution in [2.24, 2.45) is 4.99 Å². The first kappa shape index (κ1) is 16.9. The summed E-state index contributed by atoms with van der Waals surface area (Å²) in [6.45, 7) is 1.86. The van der Waals surface area contributed by atoms with Crippen LogP contribution >= 0.6 is 22.9 Å². The first-order valence-corrected chi connectivity index (χ1v) is 9.25. The Bertz CT molecular complexity index is 1020. The molecule has 2 heterocycles. The zero-order valence-corrected chi connectivity index (χ0v) is 15.8. The number of carbonyl (C=O) groups is 1. The summed E-state index contributed by atoms with van der Waals surface area (Å²) in [7, 11) is 1.75. The molecule has 0 spiro atoms. The van der Waals surface area contributed by atoms with Crippen LogP contribution in [0, 0.1) is 6.92 Å². The monoisotopic (exact) mass is 382 g/mol. The van der Waals surface area contributed by atoms with Gasteiger partial charge in [0, 0.05) is 23.2 Å². The Kier molecular flexibility index (Phi) is 4.30. The maximum Gasteiger partial charge on any atom is 0.258 e. The summed E-state index contributed by atoms with van der Waals surface area (Å²) in [6.07, 6.45) is 0. The van der Waals surface area contributed by atoms with Crippen molar-refractivity contribution in [3.8, 4) is 0 Å². The molecule has 2 aromatic carbocycles. The third-order valence-electron chi connectivity index (χ3n) is 4.22. The number of aryl methyl sites for hydroxylation is 1. The highest BCUT2D eigenvalue weighted by Crippen LogP contribution is 2.34. The molecule has 0 radical (unpaired) electrons. The molecule has 0 bridgehead atoms. The molecular formula is C19H15ClN4OS. The van der Waals surface area contributed by atoms with E-state index < -0.39 is 6.04 Å². The number of benzodiazepines with no additional fused rings is 1. The second-order valence-corrected chi connectivity index (χ2v) is 7.61. The number of hydrogen-bond donors (Lipinski definition) is 0. The number of aliphatic imine (C=N–C) groups is 1. The summed E-state index contributed by atoms with van der Waals surface area (Å²) in [6, 6.07) is 14.5. The third kappa shape index (κ3) is 2.91. The van der Waals surface area contributed by atoms with Gasteiger partial charge < -0.3 is 4.90 Å². The molecule has 0 aliphatic carbocycles. The van der Waals surface area contributed by atoms with Crippen LogP contribution in [0.15, 0.2) is 53.5 Å². The second kappa shape index (κ2) is 6.63. The minimum Gasteiger partial charge on any atom is -0.313 e. The molecule has 7 heteroatoms. The number of fused-ring (bicyclic) bond motifs is 1. The first-order valence-electron chi connectivity index (χ1n) is 8.05. The van der Waals surface area contributed by atoms with Gasteiger partial charge in [0.05, 0.1) is 11.4 Å². The van der Waals surface area contributed by atoms with Crippen molar-refractivity contribution < 1.29 is 4.79 Å². The van der Waals surface area contributed by atoms with Crippen LogP contribution in [-0.4, -0.2) is 28.9 Å². The lowest BCUT2D eigenvalue weighted by Crippen LogP contribution is -2.30. The number of rotatable bonds is 2. The minimum atomic E-state index is -0.729. The molecule has 1 unspecified atom stereocenters. The Morgan fingerprint density at radius 3 is 2.58 bits per heavy atom. The Labute approximate surface area is 160 Å². The molecule has 1 aliphatic rings. The van der Waals surface area contributed by atoms with Gasteiger partial charge in [-0.15, -0.1) is 10.2 Å². The van der Waals surface area contributed by atoms with E-state index in [1.807, 2.05) is 49.4 Å². The Morgan fingerprint density at radius 1 is 1.12 bits per heavy atom. The van der Waals surface area contributed by atoms with E-state index in [-0.39, 0.29) is 5.91 Å². The molecule has 0 saturated heterocycles. The van der Waals surface area contributed by atoms with Gasteiger partial charge in [0.25, 0.3) is 5.91 Å². The molecule has 3 aromatic rings. The average molecular weight is 383 g/mol. The third-order valence-corrected chi connectivity index (χ3v) is 5.35. The fourth-order valence-electron chi connectivity index (χ4n) is 2.96. The molecule has 0 saturated carbocycles. The van der Waals surface area contributed by atoms with E-state index in [4.69, 9.17) is 16.6 Å². The second-order valence-electron chi connectivity index (χ2n) is 5.96. The molecule has 0 N–H and O–H groups in total. The predicted molar refractivity (Wildman–Crippen MR) is 104 cm³/mol. The van der Waals surface area contributed by atoms with E-state index in [1.54, 1.807) is 18.0 Å². The quantitative estimate of drug-likeness (QED) is 0.671. The van der Waals surface area contributed by atoms with Crippen molar-refractivity contribution in [1.29, 1.82) is 0 Å². The molecule has 130 valence electrons. The molecule has 0 fully saturated rings. The molecule has 1 atom stereocenters. The number of likely N-dealkylation sites (N-methyl/N-ethyl adjacent to an activating group) is 1. The molecule has 1 aromatic heterocycles. The van der Waals surface area contributed by atoms with Crippen LogP contribution in [0.5, 0.6) is 0 Å². The number of anilines is 1. The lowest BCUT2D eigenvalue weighted by Gasteiger charge is -2.19. The van der Waals surface area contributed by atoms with Gasteiger partial charge in [-0.1, -0.05) is 53.3 Å². The fraction of sp³-hybridized carbons (Fsp3) is 0.158. The largest absolute Gasteiger partial charge is 0.313 e. The summed E-state index contributed by atoms with van der Waals surface area (Å²) < 4.78 is 0. The van der Waals surface area contributed by atoms with Crippen LogP contribution < -0.4 is 4.90 Å². The smallest absolute Gasteiger partial charge is 0.258 e. The summed E-state index contributed by atoms with van der Waals surface area (Å²) in [5.74, 6) is -0.143. The Hall–Kier alpha value is -2.57. The van der Waals surface area contributed by atoms with Crippen LogP contribution in [0.1, 0.15) is 27.2 Å². The normalized spacial score (nSPS) is 16.9. The van der Waals surface area contributed by atoms with Crippen molar-refractivity contribution >= 4 is 40.2 Å². The van der Waals surface area contributed by atoms with Gasteiger partial charge >= 0.3 is 0 Å². The highest BCUT2D eigenvalue weighted by Gasteiger charge is 2.33. The van der Waals surface area contributed by atoms with Gasteiger partial charge in [-0.2, -0.15) is 0 Å². The van der Waals surface area contributed by atoms with E-state index in [2.05, 4.69) is 10.2 Å². The summed E-state index contributed by atoms with van der Waals surface area (Å²) in [5.41, 5.74) is 3.23. The zero-order valence-electron chi connectivity index (χ0n) is 14.2. The minimum absolute atomic E-state index is 0.143.